The van der Waals surface area contributed by atoms with Crippen LogP contribution in [-0.2, 0) is 23.9 Å². The van der Waals surface area contributed by atoms with E-state index in [1.165, 1.54) is 12.0 Å². The standard InChI is InChI=1S/C25H33BrFN3O6/c1-24(2,3)20(29-23(35)25(27)9-10-25)22(34)30-13-16(31)11-18(30)21(33)28-17(12-19(32)36-4)14-5-7-15(26)8-6-14/h5-8,16-18,20,31H,9-13H2,1-4H3,(H,28,33)(H,29,35)/t16-,17+,18+,20-/m1/s1. The third-order valence-electron chi connectivity index (χ3n) is 6.54. The number of β-amino-alcohol motifs (C(OH)–C–C–N with tert-alkyl or cyclic N) is 1. The van der Waals surface area contributed by atoms with Crippen molar-refractivity contribution in [2.24, 2.45) is 5.41 Å². The number of hydrogen-bond donors (Lipinski definition) is 3. The summed E-state index contributed by atoms with van der Waals surface area (Å²) in [5.41, 5.74) is -2.08. The van der Waals surface area contributed by atoms with Crippen molar-refractivity contribution >= 4 is 39.6 Å². The number of halogens is 2. The fourth-order valence-corrected chi connectivity index (χ4v) is 4.45. The molecule has 0 radical (unpaired) electrons. The summed E-state index contributed by atoms with van der Waals surface area (Å²) in [7, 11) is 1.25. The Morgan fingerprint density at radius 1 is 1.19 bits per heavy atom. The molecule has 0 unspecified atom stereocenters. The number of alkyl halides is 1. The van der Waals surface area contributed by atoms with E-state index in [-0.39, 0.29) is 32.2 Å². The lowest BCUT2D eigenvalue weighted by Gasteiger charge is -2.36. The third kappa shape index (κ3) is 6.61. The van der Waals surface area contributed by atoms with Crippen LogP contribution < -0.4 is 10.6 Å². The van der Waals surface area contributed by atoms with Crippen LogP contribution in [0.4, 0.5) is 4.39 Å². The van der Waals surface area contributed by atoms with Crippen LogP contribution in [0.3, 0.4) is 0 Å². The number of ether oxygens (including phenoxy) is 1. The minimum absolute atomic E-state index is 0.0132. The molecule has 0 bridgehead atoms. The summed E-state index contributed by atoms with van der Waals surface area (Å²) in [6.45, 7) is 5.08. The molecule has 11 heteroatoms. The van der Waals surface area contributed by atoms with Gasteiger partial charge in [0.05, 0.1) is 25.7 Å². The molecule has 1 aromatic carbocycles. The molecule has 0 spiro atoms. The number of nitrogens with zero attached hydrogens (tertiary/aromatic N) is 1. The molecule has 3 N–H and O–H groups in total. The molecule has 9 nitrogen and oxygen atoms in total. The lowest BCUT2D eigenvalue weighted by atomic mass is 9.85. The summed E-state index contributed by atoms with van der Waals surface area (Å²) >= 11 is 3.35. The van der Waals surface area contributed by atoms with Crippen LogP contribution in [0.5, 0.6) is 0 Å². The number of benzene rings is 1. The van der Waals surface area contributed by atoms with E-state index in [1.807, 2.05) is 0 Å². The minimum Gasteiger partial charge on any atom is -0.469 e. The zero-order chi connectivity index (χ0) is 26.8. The van der Waals surface area contributed by atoms with E-state index < -0.39 is 59.0 Å². The lowest BCUT2D eigenvalue weighted by molar-refractivity contribution is -0.145. The highest BCUT2D eigenvalue weighted by Gasteiger charge is 2.53. The number of esters is 1. The molecule has 1 heterocycles. The van der Waals surface area contributed by atoms with Gasteiger partial charge in [-0.3, -0.25) is 19.2 Å². The second kappa shape index (κ2) is 10.8. The van der Waals surface area contributed by atoms with E-state index in [0.29, 0.717) is 5.56 Å². The van der Waals surface area contributed by atoms with E-state index >= 15 is 0 Å². The number of hydrogen-bond acceptors (Lipinski definition) is 6. The molecule has 198 valence electrons. The zero-order valence-corrected chi connectivity index (χ0v) is 22.4. The first-order valence-corrected chi connectivity index (χ1v) is 12.7. The molecule has 36 heavy (non-hydrogen) atoms. The zero-order valence-electron chi connectivity index (χ0n) is 20.8. The SMILES string of the molecule is COC(=O)C[C@H](NC(=O)[C@@H]1C[C@@H](O)CN1C(=O)[C@@H](NC(=O)C1(F)CC1)C(C)(C)C)c1ccc(Br)cc1. The summed E-state index contributed by atoms with van der Waals surface area (Å²) < 4.78 is 19.9. The molecular weight excluding hydrogens is 537 g/mol. The highest BCUT2D eigenvalue weighted by molar-refractivity contribution is 9.10. The molecule has 4 atom stereocenters. The van der Waals surface area contributed by atoms with Crippen molar-refractivity contribution in [1.82, 2.24) is 15.5 Å². The predicted octanol–water partition coefficient (Wildman–Crippen LogP) is 2.16. The van der Waals surface area contributed by atoms with Gasteiger partial charge in [0.1, 0.15) is 12.1 Å². The molecule has 1 aromatic rings. The van der Waals surface area contributed by atoms with E-state index in [1.54, 1.807) is 45.0 Å². The van der Waals surface area contributed by atoms with Gasteiger partial charge in [0, 0.05) is 17.4 Å². The average Bonchev–Trinajstić information content (AvgIpc) is 3.44. The Kier molecular flexibility index (Phi) is 8.44. The fraction of sp³-hybridized carbons (Fsp3) is 0.600. The van der Waals surface area contributed by atoms with Gasteiger partial charge in [0.2, 0.25) is 11.8 Å². The normalized spacial score (nSPS) is 22.4. The summed E-state index contributed by atoms with van der Waals surface area (Å²) in [5, 5.41) is 15.7. The van der Waals surface area contributed by atoms with E-state index in [9.17, 15) is 28.7 Å². The van der Waals surface area contributed by atoms with Gasteiger partial charge >= 0.3 is 5.97 Å². The molecule has 1 aliphatic heterocycles. The van der Waals surface area contributed by atoms with Crippen molar-refractivity contribution < 1.29 is 33.4 Å². The van der Waals surface area contributed by atoms with Crippen molar-refractivity contribution in [3.63, 3.8) is 0 Å². The number of carbonyl (C=O) groups is 4. The topological polar surface area (TPSA) is 125 Å². The first-order chi connectivity index (χ1) is 16.7. The Balaban J connectivity index is 1.81. The van der Waals surface area contributed by atoms with Crippen molar-refractivity contribution in [3.05, 3.63) is 34.3 Å². The first kappa shape index (κ1) is 28.0. The Hall–Kier alpha value is -2.53. The molecule has 0 aromatic heterocycles. The number of likely N-dealkylation sites (tertiary alicyclic amines) is 1. The number of aliphatic hydroxyl groups is 1. The maximum absolute atomic E-state index is 14.3. The molecule has 2 fully saturated rings. The van der Waals surface area contributed by atoms with Crippen LogP contribution in [0.15, 0.2) is 28.7 Å². The molecule has 1 saturated heterocycles. The largest absolute Gasteiger partial charge is 0.469 e. The van der Waals surface area contributed by atoms with Crippen molar-refractivity contribution in [2.45, 2.75) is 76.4 Å². The Morgan fingerprint density at radius 3 is 2.33 bits per heavy atom. The van der Waals surface area contributed by atoms with Crippen molar-refractivity contribution in [1.29, 1.82) is 0 Å². The smallest absolute Gasteiger partial charge is 0.307 e. The van der Waals surface area contributed by atoms with Crippen LogP contribution in [0.25, 0.3) is 0 Å². The second-order valence-corrected chi connectivity index (χ2v) is 11.4. The summed E-state index contributed by atoms with van der Waals surface area (Å²) in [4.78, 5) is 52.6. The molecule has 1 saturated carbocycles. The van der Waals surface area contributed by atoms with Crippen molar-refractivity contribution in [3.8, 4) is 0 Å². The number of aliphatic hydroxyl groups excluding tert-OH is 1. The van der Waals surface area contributed by atoms with E-state index in [4.69, 9.17) is 4.74 Å². The maximum Gasteiger partial charge on any atom is 0.307 e. The van der Waals surface area contributed by atoms with Gasteiger partial charge in [0.25, 0.3) is 5.91 Å². The molecule has 1 aliphatic carbocycles. The van der Waals surface area contributed by atoms with Crippen LogP contribution in [0, 0.1) is 5.41 Å². The van der Waals surface area contributed by atoms with Crippen molar-refractivity contribution in [2.75, 3.05) is 13.7 Å². The number of nitrogens with one attached hydrogen (secondary N) is 2. The molecule has 3 amide bonds. The highest BCUT2D eigenvalue weighted by Crippen LogP contribution is 2.40. The van der Waals surface area contributed by atoms with Gasteiger partial charge in [-0.15, -0.1) is 0 Å². The van der Waals surface area contributed by atoms with Gasteiger partial charge in [-0.05, 0) is 36.0 Å². The fourth-order valence-electron chi connectivity index (χ4n) is 4.18. The van der Waals surface area contributed by atoms with Crippen LogP contribution >= 0.6 is 15.9 Å². The Labute approximate surface area is 218 Å². The van der Waals surface area contributed by atoms with E-state index in [2.05, 4.69) is 26.6 Å². The Morgan fingerprint density at radius 2 is 1.81 bits per heavy atom. The van der Waals surface area contributed by atoms with Gasteiger partial charge in [0.15, 0.2) is 5.67 Å². The van der Waals surface area contributed by atoms with Gasteiger partial charge in [-0.25, -0.2) is 4.39 Å². The van der Waals surface area contributed by atoms with Gasteiger partial charge < -0.3 is 25.4 Å². The number of rotatable bonds is 8. The van der Waals surface area contributed by atoms with E-state index in [0.717, 1.165) is 4.47 Å². The highest BCUT2D eigenvalue weighted by atomic mass is 79.9. The summed E-state index contributed by atoms with van der Waals surface area (Å²) in [6.07, 6.45) is -0.888. The number of amides is 3. The maximum atomic E-state index is 14.3. The molecular formula is C25H33BrFN3O6. The number of methoxy groups -OCH3 is 1. The molecule has 3 rings (SSSR count). The number of carbonyl (C=O) groups excluding carboxylic acids is 4. The quantitative estimate of drug-likeness (QED) is 0.412. The minimum atomic E-state index is -1.96. The van der Waals surface area contributed by atoms with Gasteiger partial charge in [-0.2, -0.15) is 0 Å². The predicted molar refractivity (Wildman–Crippen MR) is 132 cm³/mol. The average molecular weight is 570 g/mol. The second-order valence-electron chi connectivity index (χ2n) is 10.5. The van der Waals surface area contributed by atoms with Crippen LogP contribution in [0.2, 0.25) is 0 Å². The third-order valence-corrected chi connectivity index (χ3v) is 7.07. The van der Waals surface area contributed by atoms with Gasteiger partial charge in [-0.1, -0.05) is 48.8 Å². The first-order valence-electron chi connectivity index (χ1n) is 11.9. The summed E-state index contributed by atoms with van der Waals surface area (Å²) in [5.74, 6) is -2.51. The molecule has 2 aliphatic rings. The summed E-state index contributed by atoms with van der Waals surface area (Å²) in [6, 6.07) is 4.18. The lowest BCUT2D eigenvalue weighted by Crippen LogP contribution is -2.59. The van der Waals surface area contributed by atoms with Crippen LogP contribution in [-0.4, -0.2) is 71.2 Å². The van der Waals surface area contributed by atoms with Crippen LogP contribution in [0.1, 0.15) is 58.1 Å². The monoisotopic (exact) mass is 569 g/mol. The Bertz CT molecular complexity index is 1010.